The predicted octanol–water partition coefficient (Wildman–Crippen LogP) is 3.42. The van der Waals surface area contributed by atoms with Crippen molar-refractivity contribution in [1.29, 1.82) is 0 Å². The lowest BCUT2D eigenvalue weighted by Gasteiger charge is -2.35. The maximum atomic E-state index is 12.9. The number of rotatable bonds is 4. The van der Waals surface area contributed by atoms with Crippen molar-refractivity contribution in [2.75, 3.05) is 13.1 Å². The second kappa shape index (κ2) is 7.49. The van der Waals surface area contributed by atoms with E-state index in [9.17, 15) is 9.18 Å². The second-order valence-corrected chi connectivity index (χ2v) is 7.32. The zero-order valence-corrected chi connectivity index (χ0v) is 15.3. The molecule has 1 aromatic carbocycles. The summed E-state index contributed by atoms with van der Waals surface area (Å²) in [4.78, 5) is 19.7. The van der Waals surface area contributed by atoms with E-state index in [1.54, 1.807) is 12.1 Å². The van der Waals surface area contributed by atoms with Crippen LogP contribution in [-0.2, 0) is 11.3 Å². The summed E-state index contributed by atoms with van der Waals surface area (Å²) in [6.07, 6.45) is 0.0596. The zero-order valence-electron chi connectivity index (χ0n) is 14.5. The van der Waals surface area contributed by atoms with Crippen LogP contribution in [0, 0.1) is 12.7 Å². The Morgan fingerprint density at radius 1 is 1.32 bits per heavy atom. The minimum atomic E-state index is -0.306. The number of carbonyl (C=O) groups excluding carboxylic acids is 1. The SMILES string of the molecule is Cc1nc(COc2ccc(F)cc2)sc1C(=O)N1C[C@H](C)O[C@@H](C)C1. The fraction of sp³-hybridized carbons (Fsp3) is 0.444. The lowest BCUT2D eigenvalue weighted by molar-refractivity contribution is -0.0585. The van der Waals surface area contributed by atoms with Crippen molar-refractivity contribution in [3.8, 4) is 5.75 Å². The number of aromatic nitrogens is 1. The Morgan fingerprint density at radius 2 is 1.96 bits per heavy atom. The van der Waals surface area contributed by atoms with Crippen LogP contribution < -0.4 is 4.74 Å². The molecule has 0 radical (unpaired) electrons. The molecular weight excluding hydrogens is 343 g/mol. The van der Waals surface area contributed by atoms with Crippen LogP contribution in [-0.4, -0.2) is 41.1 Å². The Balaban J connectivity index is 1.67. The average Bonchev–Trinajstić information content (AvgIpc) is 2.93. The van der Waals surface area contributed by atoms with E-state index >= 15 is 0 Å². The number of amides is 1. The molecule has 0 bridgehead atoms. The van der Waals surface area contributed by atoms with E-state index in [1.807, 2.05) is 25.7 Å². The van der Waals surface area contributed by atoms with Crippen molar-refractivity contribution in [3.63, 3.8) is 0 Å². The van der Waals surface area contributed by atoms with Crippen molar-refractivity contribution < 1.29 is 18.7 Å². The quantitative estimate of drug-likeness (QED) is 0.834. The van der Waals surface area contributed by atoms with Crippen LogP contribution in [0.1, 0.15) is 34.2 Å². The minimum absolute atomic E-state index is 0.00923. The van der Waals surface area contributed by atoms with E-state index < -0.39 is 0 Å². The largest absolute Gasteiger partial charge is 0.486 e. The third kappa shape index (κ3) is 4.35. The summed E-state index contributed by atoms with van der Waals surface area (Å²) in [5.41, 5.74) is 0.708. The van der Waals surface area contributed by atoms with Crippen LogP contribution in [0.4, 0.5) is 4.39 Å². The maximum Gasteiger partial charge on any atom is 0.266 e. The van der Waals surface area contributed by atoms with Crippen LogP contribution in [0.2, 0.25) is 0 Å². The molecule has 2 atom stereocenters. The number of morpholine rings is 1. The topological polar surface area (TPSA) is 51.7 Å². The molecule has 2 heterocycles. The van der Waals surface area contributed by atoms with Crippen molar-refractivity contribution in [3.05, 3.63) is 45.7 Å². The minimum Gasteiger partial charge on any atom is -0.486 e. The number of aryl methyl sites for hydroxylation is 1. The van der Waals surface area contributed by atoms with E-state index in [1.165, 1.54) is 23.5 Å². The van der Waals surface area contributed by atoms with E-state index in [0.717, 1.165) is 5.01 Å². The Hall–Kier alpha value is -1.99. The first kappa shape index (κ1) is 17.8. The normalized spacial score (nSPS) is 20.6. The van der Waals surface area contributed by atoms with Crippen molar-refractivity contribution in [2.24, 2.45) is 0 Å². The van der Waals surface area contributed by atoms with E-state index in [2.05, 4.69) is 4.98 Å². The number of benzene rings is 1. The molecule has 1 fully saturated rings. The molecule has 1 saturated heterocycles. The number of halogens is 1. The number of thiazole rings is 1. The second-order valence-electron chi connectivity index (χ2n) is 6.23. The molecule has 1 aromatic heterocycles. The van der Waals surface area contributed by atoms with Crippen molar-refractivity contribution in [1.82, 2.24) is 9.88 Å². The summed E-state index contributed by atoms with van der Waals surface area (Å²) in [5, 5.41) is 0.722. The highest BCUT2D eigenvalue weighted by molar-refractivity contribution is 7.13. The Kier molecular flexibility index (Phi) is 5.34. The van der Waals surface area contributed by atoms with Gasteiger partial charge in [0.15, 0.2) is 0 Å². The Labute approximate surface area is 150 Å². The standard InChI is InChI=1S/C18H21FN2O3S/c1-11-8-21(9-12(2)24-11)18(22)17-13(3)20-16(25-17)10-23-15-6-4-14(19)5-7-15/h4-7,11-12H,8-10H2,1-3H3/t11-,12-/m0/s1. The van der Waals surface area contributed by atoms with Gasteiger partial charge in [-0.1, -0.05) is 0 Å². The predicted molar refractivity (Wildman–Crippen MR) is 93.5 cm³/mol. The molecule has 25 heavy (non-hydrogen) atoms. The third-order valence-corrected chi connectivity index (χ3v) is 5.04. The summed E-state index contributed by atoms with van der Waals surface area (Å²) in [6.45, 7) is 7.19. The van der Waals surface area contributed by atoms with E-state index in [-0.39, 0.29) is 30.5 Å². The summed E-state index contributed by atoms with van der Waals surface area (Å²) in [6, 6.07) is 5.83. The van der Waals surface area contributed by atoms with E-state index in [0.29, 0.717) is 29.4 Å². The van der Waals surface area contributed by atoms with Crippen molar-refractivity contribution in [2.45, 2.75) is 39.6 Å². The van der Waals surface area contributed by atoms with Gasteiger partial charge in [-0.25, -0.2) is 9.37 Å². The molecule has 0 N–H and O–H groups in total. The van der Waals surface area contributed by atoms with Gasteiger partial charge in [0.05, 0.1) is 17.9 Å². The summed E-state index contributed by atoms with van der Waals surface area (Å²) in [5.74, 6) is 0.252. The van der Waals surface area contributed by atoms with Gasteiger partial charge in [0.25, 0.3) is 5.91 Å². The lowest BCUT2D eigenvalue weighted by atomic mass is 10.2. The lowest BCUT2D eigenvalue weighted by Crippen LogP contribution is -2.48. The fourth-order valence-electron chi connectivity index (χ4n) is 2.88. The van der Waals surface area contributed by atoms with Crippen LogP contribution >= 0.6 is 11.3 Å². The Bertz CT molecular complexity index is 737. The molecule has 134 valence electrons. The first-order chi connectivity index (χ1) is 11.9. The maximum absolute atomic E-state index is 12.9. The number of nitrogens with zero attached hydrogens (tertiary/aromatic N) is 2. The molecule has 5 nitrogen and oxygen atoms in total. The molecule has 1 aliphatic rings. The highest BCUT2D eigenvalue weighted by Crippen LogP contribution is 2.23. The van der Waals surface area contributed by atoms with Gasteiger partial charge in [-0.05, 0) is 45.0 Å². The van der Waals surface area contributed by atoms with Gasteiger partial charge >= 0.3 is 0 Å². The van der Waals surface area contributed by atoms with Gasteiger partial charge in [-0.3, -0.25) is 4.79 Å². The molecule has 2 aromatic rings. The van der Waals surface area contributed by atoms with Gasteiger partial charge in [0.2, 0.25) is 0 Å². The van der Waals surface area contributed by atoms with Crippen LogP contribution in [0.3, 0.4) is 0 Å². The van der Waals surface area contributed by atoms with Crippen LogP contribution in [0.5, 0.6) is 5.75 Å². The highest BCUT2D eigenvalue weighted by atomic mass is 32.1. The van der Waals surface area contributed by atoms with Gasteiger partial charge in [0.1, 0.15) is 28.1 Å². The van der Waals surface area contributed by atoms with Crippen LogP contribution in [0.15, 0.2) is 24.3 Å². The first-order valence-corrected chi connectivity index (χ1v) is 9.03. The molecular formula is C18H21FN2O3S. The molecule has 1 aliphatic heterocycles. The number of ether oxygens (including phenoxy) is 2. The molecule has 1 amide bonds. The van der Waals surface area contributed by atoms with Crippen molar-refractivity contribution >= 4 is 17.2 Å². The molecule has 0 spiro atoms. The molecule has 3 rings (SSSR count). The molecule has 0 unspecified atom stereocenters. The van der Waals surface area contributed by atoms with Gasteiger partial charge in [-0.15, -0.1) is 11.3 Å². The Morgan fingerprint density at radius 3 is 2.60 bits per heavy atom. The molecule has 0 aliphatic carbocycles. The number of hydrogen-bond acceptors (Lipinski definition) is 5. The average molecular weight is 364 g/mol. The number of carbonyl (C=O) groups is 1. The monoisotopic (exact) mass is 364 g/mol. The summed E-state index contributed by atoms with van der Waals surface area (Å²) in [7, 11) is 0. The van der Waals surface area contributed by atoms with Gasteiger partial charge in [0, 0.05) is 13.1 Å². The highest BCUT2D eigenvalue weighted by Gasteiger charge is 2.28. The van der Waals surface area contributed by atoms with Crippen LogP contribution in [0.25, 0.3) is 0 Å². The molecule has 7 heteroatoms. The molecule has 0 saturated carbocycles. The summed E-state index contributed by atoms with van der Waals surface area (Å²) < 4.78 is 24.2. The fourth-order valence-corrected chi connectivity index (χ4v) is 3.82. The number of hydrogen-bond donors (Lipinski definition) is 0. The third-order valence-electron chi connectivity index (χ3n) is 3.92. The van der Waals surface area contributed by atoms with E-state index in [4.69, 9.17) is 9.47 Å². The van der Waals surface area contributed by atoms with Gasteiger partial charge in [-0.2, -0.15) is 0 Å². The smallest absolute Gasteiger partial charge is 0.266 e. The summed E-state index contributed by atoms with van der Waals surface area (Å²) >= 11 is 1.34. The first-order valence-electron chi connectivity index (χ1n) is 8.21. The zero-order chi connectivity index (χ0) is 18.0. The van der Waals surface area contributed by atoms with Gasteiger partial charge < -0.3 is 14.4 Å².